The van der Waals surface area contributed by atoms with E-state index in [1.165, 1.54) is 19.4 Å². The Morgan fingerprint density at radius 1 is 1.20 bits per heavy atom. The van der Waals surface area contributed by atoms with Crippen LogP contribution in [0.1, 0.15) is 16.8 Å². The maximum absolute atomic E-state index is 12.8. The first-order chi connectivity index (χ1) is 14.7. The first kappa shape index (κ1) is 19.3. The summed E-state index contributed by atoms with van der Waals surface area (Å²) in [5.74, 6) is -0.0295. The van der Waals surface area contributed by atoms with Crippen LogP contribution in [0.25, 0.3) is 16.7 Å². The van der Waals surface area contributed by atoms with Crippen molar-refractivity contribution in [2.24, 2.45) is 0 Å². The SMILES string of the molecule is CNC(=O)c1cn(-c2ccccc2)c2nc(NCCCn3ccnc3)ncc2c1=O. The molecule has 1 amide bonds. The fourth-order valence-corrected chi connectivity index (χ4v) is 3.16. The molecule has 0 spiro atoms. The highest BCUT2D eigenvalue weighted by atomic mass is 16.2. The Bertz CT molecular complexity index is 1220. The molecule has 2 N–H and O–H groups in total. The summed E-state index contributed by atoms with van der Waals surface area (Å²) >= 11 is 0. The highest BCUT2D eigenvalue weighted by Gasteiger charge is 2.17. The lowest BCUT2D eigenvalue weighted by molar-refractivity contribution is 0.0961. The van der Waals surface area contributed by atoms with Crippen molar-refractivity contribution in [3.05, 3.63) is 77.2 Å². The van der Waals surface area contributed by atoms with Crippen LogP contribution in [0, 0.1) is 0 Å². The lowest BCUT2D eigenvalue weighted by Crippen LogP contribution is -2.27. The van der Waals surface area contributed by atoms with Gasteiger partial charge in [-0.1, -0.05) is 18.2 Å². The molecule has 4 rings (SSSR count). The van der Waals surface area contributed by atoms with Crippen molar-refractivity contribution in [3.63, 3.8) is 0 Å². The zero-order valence-electron chi connectivity index (χ0n) is 16.4. The smallest absolute Gasteiger partial charge is 0.256 e. The number of fused-ring (bicyclic) bond motifs is 1. The van der Waals surface area contributed by atoms with E-state index in [0.717, 1.165) is 18.7 Å². The number of carbonyl (C=O) groups excluding carboxylic acids is 1. The standard InChI is InChI=1S/C21H21N7O2/c1-22-20(30)17-13-28(15-6-3-2-4-7-15)19-16(18(17)29)12-25-21(26-19)24-8-5-10-27-11-9-23-14-27/h2-4,6-7,9,11-14H,5,8,10H2,1H3,(H,22,30)(H,24,25,26). The van der Waals surface area contributed by atoms with E-state index in [0.29, 0.717) is 18.1 Å². The molecule has 9 heteroatoms. The summed E-state index contributed by atoms with van der Waals surface area (Å²) in [5.41, 5.74) is 0.866. The number of hydrogen-bond acceptors (Lipinski definition) is 6. The number of aryl methyl sites for hydroxylation is 1. The van der Waals surface area contributed by atoms with Crippen molar-refractivity contribution in [3.8, 4) is 5.69 Å². The minimum Gasteiger partial charge on any atom is -0.355 e. The number of hydrogen-bond donors (Lipinski definition) is 2. The second-order valence-electron chi connectivity index (χ2n) is 6.67. The number of aromatic nitrogens is 5. The minimum atomic E-state index is -0.451. The van der Waals surface area contributed by atoms with Crippen molar-refractivity contribution in [1.82, 2.24) is 29.4 Å². The lowest BCUT2D eigenvalue weighted by Gasteiger charge is -2.13. The molecule has 0 unspecified atom stereocenters. The van der Waals surface area contributed by atoms with Gasteiger partial charge in [-0.05, 0) is 18.6 Å². The van der Waals surface area contributed by atoms with Crippen molar-refractivity contribution in [1.29, 1.82) is 0 Å². The molecule has 30 heavy (non-hydrogen) atoms. The van der Waals surface area contributed by atoms with Crippen molar-refractivity contribution in [2.45, 2.75) is 13.0 Å². The highest BCUT2D eigenvalue weighted by Crippen LogP contribution is 2.17. The Kier molecular flexibility index (Phi) is 5.51. The van der Waals surface area contributed by atoms with Crippen LogP contribution in [-0.2, 0) is 6.54 Å². The van der Waals surface area contributed by atoms with Gasteiger partial charge >= 0.3 is 0 Å². The first-order valence-electron chi connectivity index (χ1n) is 9.57. The highest BCUT2D eigenvalue weighted by molar-refractivity contribution is 5.97. The zero-order valence-corrected chi connectivity index (χ0v) is 16.4. The van der Waals surface area contributed by atoms with E-state index in [1.807, 2.05) is 41.1 Å². The van der Waals surface area contributed by atoms with Crippen LogP contribution < -0.4 is 16.1 Å². The molecular formula is C21H21N7O2. The molecule has 0 fully saturated rings. The second-order valence-corrected chi connectivity index (χ2v) is 6.67. The number of rotatable bonds is 7. The molecule has 9 nitrogen and oxygen atoms in total. The van der Waals surface area contributed by atoms with Crippen LogP contribution >= 0.6 is 0 Å². The number of para-hydroxylation sites is 1. The maximum Gasteiger partial charge on any atom is 0.256 e. The van der Waals surface area contributed by atoms with Crippen LogP contribution in [0.15, 0.2) is 66.2 Å². The third kappa shape index (κ3) is 3.90. The van der Waals surface area contributed by atoms with Gasteiger partial charge in [0.15, 0.2) is 5.65 Å². The minimum absolute atomic E-state index is 0.0403. The normalized spacial score (nSPS) is 10.8. The van der Waals surface area contributed by atoms with Gasteiger partial charge in [-0.15, -0.1) is 0 Å². The Hall–Kier alpha value is -4.01. The molecule has 0 aliphatic rings. The average Bonchev–Trinajstić information content (AvgIpc) is 3.31. The molecule has 4 aromatic rings. The summed E-state index contributed by atoms with van der Waals surface area (Å²) in [6, 6.07) is 9.44. The molecule has 0 radical (unpaired) electrons. The van der Waals surface area contributed by atoms with Crippen LogP contribution in [0.3, 0.4) is 0 Å². The van der Waals surface area contributed by atoms with Crippen LogP contribution in [0.4, 0.5) is 5.95 Å². The molecule has 0 aliphatic heterocycles. The molecule has 3 aromatic heterocycles. The Morgan fingerprint density at radius 2 is 2.03 bits per heavy atom. The molecule has 152 valence electrons. The molecular weight excluding hydrogens is 382 g/mol. The monoisotopic (exact) mass is 403 g/mol. The summed E-state index contributed by atoms with van der Waals surface area (Å²) in [6.45, 7) is 1.49. The van der Waals surface area contributed by atoms with Gasteiger partial charge in [0.25, 0.3) is 5.91 Å². The third-order valence-electron chi connectivity index (χ3n) is 4.69. The molecule has 0 bridgehead atoms. The quantitative estimate of drug-likeness (QED) is 0.456. The lowest BCUT2D eigenvalue weighted by atomic mass is 10.2. The zero-order chi connectivity index (χ0) is 20.9. The van der Waals surface area contributed by atoms with Crippen molar-refractivity contribution in [2.75, 3.05) is 18.9 Å². The Balaban J connectivity index is 1.69. The summed E-state index contributed by atoms with van der Waals surface area (Å²) in [7, 11) is 1.49. The summed E-state index contributed by atoms with van der Waals surface area (Å²) < 4.78 is 3.73. The Labute approximate surface area is 172 Å². The number of imidazole rings is 1. The topological polar surface area (TPSA) is 107 Å². The number of carbonyl (C=O) groups is 1. The molecule has 0 saturated carbocycles. The fraction of sp³-hybridized carbons (Fsp3) is 0.190. The van der Waals surface area contributed by atoms with Gasteiger partial charge in [-0.25, -0.2) is 9.97 Å². The largest absolute Gasteiger partial charge is 0.355 e. The van der Waals surface area contributed by atoms with Gasteiger partial charge in [0, 0.05) is 50.6 Å². The summed E-state index contributed by atoms with van der Waals surface area (Å²) in [5, 5.41) is 5.99. The van der Waals surface area contributed by atoms with E-state index in [9.17, 15) is 9.59 Å². The second kappa shape index (κ2) is 8.56. The Morgan fingerprint density at radius 3 is 2.77 bits per heavy atom. The number of pyridine rings is 1. The third-order valence-corrected chi connectivity index (χ3v) is 4.69. The van der Waals surface area contributed by atoms with E-state index in [-0.39, 0.29) is 10.9 Å². The average molecular weight is 403 g/mol. The molecule has 0 aliphatic carbocycles. The first-order valence-corrected chi connectivity index (χ1v) is 9.57. The van der Waals surface area contributed by atoms with Gasteiger partial charge < -0.3 is 19.8 Å². The van der Waals surface area contributed by atoms with E-state index in [1.54, 1.807) is 17.1 Å². The number of nitrogens with one attached hydrogen (secondary N) is 2. The molecule has 3 heterocycles. The maximum atomic E-state index is 12.8. The van der Waals surface area contributed by atoms with Gasteiger partial charge in [-0.2, -0.15) is 4.98 Å². The number of benzene rings is 1. The predicted molar refractivity (Wildman–Crippen MR) is 114 cm³/mol. The van der Waals surface area contributed by atoms with Crippen molar-refractivity contribution >= 4 is 22.9 Å². The van der Waals surface area contributed by atoms with Gasteiger partial charge in [0.2, 0.25) is 11.4 Å². The van der Waals surface area contributed by atoms with E-state index in [4.69, 9.17) is 0 Å². The van der Waals surface area contributed by atoms with E-state index >= 15 is 0 Å². The number of anilines is 1. The fourth-order valence-electron chi connectivity index (χ4n) is 3.16. The van der Waals surface area contributed by atoms with Crippen LogP contribution in [-0.4, -0.2) is 43.6 Å². The van der Waals surface area contributed by atoms with E-state index in [2.05, 4.69) is 25.6 Å². The van der Waals surface area contributed by atoms with Gasteiger partial charge in [0.1, 0.15) is 5.56 Å². The van der Waals surface area contributed by atoms with Crippen LogP contribution in [0.2, 0.25) is 0 Å². The number of nitrogens with zero attached hydrogens (tertiary/aromatic N) is 5. The molecule has 1 aromatic carbocycles. The predicted octanol–water partition coefficient (Wildman–Crippen LogP) is 1.84. The van der Waals surface area contributed by atoms with Crippen LogP contribution in [0.5, 0.6) is 0 Å². The molecule has 0 atom stereocenters. The summed E-state index contributed by atoms with van der Waals surface area (Å²) in [6.07, 6.45) is 9.28. The molecule has 0 saturated heterocycles. The number of amides is 1. The van der Waals surface area contributed by atoms with Crippen molar-refractivity contribution < 1.29 is 4.79 Å². The van der Waals surface area contributed by atoms with E-state index < -0.39 is 11.3 Å². The summed E-state index contributed by atoms with van der Waals surface area (Å²) in [4.78, 5) is 37.9. The van der Waals surface area contributed by atoms with Gasteiger partial charge in [0.05, 0.1) is 11.7 Å². The van der Waals surface area contributed by atoms with Gasteiger partial charge in [-0.3, -0.25) is 9.59 Å².